The first kappa shape index (κ1) is 23.4. The lowest BCUT2D eigenvalue weighted by atomic mass is 10.1. The van der Waals surface area contributed by atoms with Crippen molar-refractivity contribution < 1.29 is 4.79 Å². The van der Waals surface area contributed by atoms with Gasteiger partial charge in [0.15, 0.2) is 11.0 Å². The van der Waals surface area contributed by atoms with Crippen molar-refractivity contribution in [1.82, 2.24) is 24.6 Å². The van der Waals surface area contributed by atoms with E-state index in [1.807, 2.05) is 64.1 Å². The van der Waals surface area contributed by atoms with Gasteiger partial charge in [-0.1, -0.05) is 78.5 Å². The van der Waals surface area contributed by atoms with Crippen LogP contribution in [0.25, 0.3) is 11.4 Å². The van der Waals surface area contributed by atoms with Crippen LogP contribution in [0.4, 0.5) is 0 Å². The van der Waals surface area contributed by atoms with Gasteiger partial charge < -0.3 is 4.90 Å². The summed E-state index contributed by atoms with van der Waals surface area (Å²) >= 11 is 1.41. The van der Waals surface area contributed by atoms with Gasteiger partial charge in [0, 0.05) is 37.6 Å². The number of allylic oxidation sites excluding steroid dienone is 1. The third-order valence-electron chi connectivity index (χ3n) is 5.37. The molecule has 1 amide bonds. The number of amides is 1. The summed E-state index contributed by atoms with van der Waals surface area (Å²) in [6, 6.07) is 24.1. The molecule has 0 aliphatic heterocycles. The Morgan fingerprint density at radius 3 is 2.29 bits per heavy atom. The van der Waals surface area contributed by atoms with Gasteiger partial charge in [-0.15, -0.1) is 16.8 Å². The summed E-state index contributed by atoms with van der Waals surface area (Å²) in [5, 5.41) is 9.42. The molecule has 0 unspecified atom stereocenters. The molecule has 0 aliphatic rings. The largest absolute Gasteiger partial charge is 0.337 e. The van der Waals surface area contributed by atoms with Crippen LogP contribution in [-0.2, 0) is 24.3 Å². The molecular weight excluding hydrogens is 442 g/mol. The van der Waals surface area contributed by atoms with Gasteiger partial charge in [0.05, 0.1) is 5.75 Å². The predicted molar refractivity (Wildman–Crippen MR) is 136 cm³/mol. The lowest BCUT2D eigenvalue weighted by molar-refractivity contribution is -0.128. The minimum Gasteiger partial charge on any atom is -0.337 e. The normalized spacial score (nSPS) is 10.7. The van der Waals surface area contributed by atoms with E-state index in [1.54, 1.807) is 12.4 Å². The molecule has 2 aromatic carbocycles. The molecule has 4 aromatic rings. The number of benzene rings is 2. The maximum Gasteiger partial charge on any atom is 0.233 e. The lowest BCUT2D eigenvalue weighted by Crippen LogP contribution is -2.34. The van der Waals surface area contributed by atoms with Crippen molar-refractivity contribution in [3.63, 3.8) is 0 Å². The van der Waals surface area contributed by atoms with Crippen molar-refractivity contribution in [3.8, 4) is 11.4 Å². The second kappa shape index (κ2) is 12.0. The molecule has 2 aromatic heterocycles. The SMILES string of the molecule is C=CCn1c(SCC(=O)N(CCc2ccccc2)Cc2ccccc2)nnc1-c1ccncc1. The molecular formula is C27H27N5OS. The third-order valence-corrected chi connectivity index (χ3v) is 6.33. The van der Waals surface area contributed by atoms with E-state index in [4.69, 9.17) is 0 Å². The Kier molecular flexibility index (Phi) is 8.24. The molecule has 2 heterocycles. The van der Waals surface area contributed by atoms with E-state index in [1.165, 1.54) is 17.3 Å². The average Bonchev–Trinajstić information content (AvgIpc) is 3.29. The second-order valence-corrected chi connectivity index (χ2v) is 8.71. The molecule has 172 valence electrons. The van der Waals surface area contributed by atoms with Crippen molar-refractivity contribution in [2.45, 2.75) is 24.7 Å². The fourth-order valence-electron chi connectivity index (χ4n) is 3.63. The minimum atomic E-state index is 0.0726. The lowest BCUT2D eigenvalue weighted by Gasteiger charge is -2.23. The van der Waals surface area contributed by atoms with E-state index >= 15 is 0 Å². The molecule has 0 bridgehead atoms. The number of carbonyl (C=O) groups excluding carboxylic acids is 1. The van der Waals surface area contributed by atoms with Crippen LogP contribution in [0, 0.1) is 0 Å². The Labute approximate surface area is 204 Å². The molecule has 7 heteroatoms. The number of nitrogens with zero attached hydrogens (tertiary/aromatic N) is 5. The summed E-state index contributed by atoms with van der Waals surface area (Å²) in [4.78, 5) is 19.3. The van der Waals surface area contributed by atoms with Crippen molar-refractivity contribution in [1.29, 1.82) is 0 Å². The first-order chi connectivity index (χ1) is 16.7. The number of carbonyl (C=O) groups is 1. The van der Waals surface area contributed by atoms with Gasteiger partial charge in [-0.3, -0.25) is 14.3 Å². The molecule has 0 N–H and O–H groups in total. The van der Waals surface area contributed by atoms with Gasteiger partial charge in [0.2, 0.25) is 5.91 Å². The van der Waals surface area contributed by atoms with E-state index in [9.17, 15) is 4.79 Å². The smallest absolute Gasteiger partial charge is 0.233 e. The minimum absolute atomic E-state index is 0.0726. The zero-order valence-corrected chi connectivity index (χ0v) is 19.8. The molecule has 0 fully saturated rings. The average molecular weight is 470 g/mol. The van der Waals surface area contributed by atoms with Crippen molar-refractivity contribution >= 4 is 17.7 Å². The Morgan fingerprint density at radius 1 is 0.941 bits per heavy atom. The van der Waals surface area contributed by atoms with Gasteiger partial charge in [-0.05, 0) is 29.7 Å². The maximum atomic E-state index is 13.3. The second-order valence-electron chi connectivity index (χ2n) is 7.77. The van der Waals surface area contributed by atoms with Crippen LogP contribution in [-0.4, -0.2) is 42.9 Å². The number of thioether (sulfide) groups is 1. The van der Waals surface area contributed by atoms with E-state index < -0.39 is 0 Å². The van der Waals surface area contributed by atoms with Crippen molar-refractivity contribution in [2.24, 2.45) is 0 Å². The number of hydrogen-bond acceptors (Lipinski definition) is 5. The van der Waals surface area contributed by atoms with Crippen molar-refractivity contribution in [2.75, 3.05) is 12.3 Å². The topological polar surface area (TPSA) is 63.9 Å². The number of aromatic nitrogens is 4. The fraction of sp³-hybridized carbons (Fsp3) is 0.185. The standard InChI is InChI=1S/C27H27N5OS/c1-2-18-32-26(24-13-16-28-17-14-24)29-30-27(32)34-21-25(33)31(20-23-11-7-4-8-12-23)19-15-22-9-5-3-6-10-22/h2-14,16-17H,1,15,18-21H2. The Morgan fingerprint density at radius 2 is 1.62 bits per heavy atom. The zero-order valence-electron chi connectivity index (χ0n) is 19.0. The number of pyridine rings is 1. The first-order valence-electron chi connectivity index (χ1n) is 11.2. The summed E-state index contributed by atoms with van der Waals surface area (Å²) in [6.07, 6.45) is 6.07. The van der Waals surface area contributed by atoms with E-state index in [2.05, 4.69) is 46.0 Å². The molecule has 0 atom stereocenters. The maximum absolute atomic E-state index is 13.3. The van der Waals surface area contributed by atoms with Crippen LogP contribution in [0.5, 0.6) is 0 Å². The predicted octanol–water partition coefficient (Wildman–Crippen LogP) is 4.89. The van der Waals surface area contributed by atoms with Gasteiger partial charge in [-0.25, -0.2) is 0 Å². The number of hydrogen-bond donors (Lipinski definition) is 0. The summed E-state index contributed by atoms with van der Waals surface area (Å²) in [5.41, 5.74) is 3.26. The highest BCUT2D eigenvalue weighted by atomic mass is 32.2. The summed E-state index contributed by atoms with van der Waals surface area (Å²) in [5.74, 6) is 1.10. The Hall–Kier alpha value is -3.71. The van der Waals surface area contributed by atoms with Gasteiger partial charge in [-0.2, -0.15) is 0 Å². The van der Waals surface area contributed by atoms with Crippen molar-refractivity contribution in [3.05, 3.63) is 109 Å². The summed E-state index contributed by atoms with van der Waals surface area (Å²) in [6.45, 7) is 5.65. The van der Waals surface area contributed by atoms with Crippen LogP contribution in [0.15, 0.2) is 103 Å². The molecule has 34 heavy (non-hydrogen) atoms. The molecule has 0 saturated carbocycles. The monoisotopic (exact) mass is 469 g/mol. The zero-order chi connectivity index (χ0) is 23.6. The first-order valence-corrected chi connectivity index (χ1v) is 12.2. The number of rotatable bonds is 11. The van der Waals surface area contributed by atoms with Gasteiger partial charge in [0.1, 0.15) is 0 Å². The van der Waals surface area contributed by atoms with Crippen LogP contribution >= 0.6 is 11.8 Å². The van der Waals surface area contributed by atoms with Gasteiger partial charge >= 0.3 is 0 Å². The Balaban J connectivity index is 1.47. The molecule has 0 radical (unpaired) electrons. The Bertz CT molecular complexity index is 1200. The van der Waals surface area contributed by atoms with E-state index in [0.29, 0.717) is 24.8 Å². The van der Waals surface area contributed by atoms with Crippen LogP contribution in [0.3, 0.4) is 0 Å². The highest BCUT2D eigenvalue weighted by Crippen LogP contribution is 2.24. The van der Waals surface area contributed by atoms with E-state index in [-0.39, 0.29) is 11.7 Å². The molecule has 0 spiro atoms. The third kappa shape index (κ3) is 6.20. The van der Waals surface area contributed by atoms with E-state index in [0.717, 1.165) is 23.4 Å². The summed E-state index contributed by atoms with van der Waals surface area (Å²) < 4.78 is 1.98. The molecule has 0 saturated heterocycles. The molecule has 4 rings (SSSR count). The van der Waals surface area contributed by atoms with Crippen LogP contribution in [0.2, 0.25) is 0 Å². The van der Waals surface area contributed by atoms with Crippen LogP contribution < -0.4 is 0 Å². The highest BCUT2D eigenvalue weighted by molar-refractivity contribution is 7.99. The van der Waals surface area contributed by atoms with Gasteiger partial charge in [0.25, 0.3) is 0 Å². The molecule has 0 aliphatic carbocycles. The highest BCUT2D eigenvalue weighted by Gasteiger charge is 2.18. The molecule has 6 nitrogen and oxygen atoms in total. The van der Waals surface area contributed by atoms with Crippen LogP contribution in [0.1, 0.15) is 11.1 Å². The fourth-order valence-corrected chi connectivity index (χ4v) is 4.48. The summed E-state index contributed by atoms with van der Waals surface area (Å²) in [7, 11) is 0. The quantitative estimate of drug-likeness (QED) is 0.231.